The zero-order chi connectivity index (χ0) is 13.6. The molecule has 1 aromatic heterocycles. The van der Waals surface area contributed by atoms with Crippen molar-refractivity contribution in [1.82, 2.24) is 5.32 Å². The summed E-state index contributed by atoms with van der Waals surface area (Å²) in [5.41, 5.74) is 0.964. The summed E-state index contributed by atoms with van der Waals surface area (Å²) in [5, 5.41) is 3.27. The van der Waals surface area contributed by atoms with Gasteiger partial charge in [0.2, 0.25) is 0 Å². The Kier molecular flexibility index (Phi) is 5.72. The van der Waals surface area contributed by atoms with Gasteiger partial charge in [0, 0.05) is 18.0 Å². The van der Waals surface area contributed by atoms with Crippen LogP contribution in [0.2, 0.25) is 0 Å². The molecule has 2 nitrogen and oxygen atoms in total. The second-order valence-electron chi connectivity index (χ2n) is 4.45. The molecule has 1 aromatic rings. The van der Waals surface area contributed by atoms with Crippen molar-refractivity contribution in [2.24, 2.45) is 0 Å². The summed E-state index contributed by atoms with van der Waals surface area (Å²) in [6.07, 6.45) is -1.66. The smallest absolute Gasteiger partial charge is 0.389 e. The van der Waals surface area contributed by atoms with E-state index in [4.69, 9.17) is 4.42 Å². The van der Waals surface area contributed by atoms with E-state index in [1.807, 2.05) is 19.9 Å². The molecule has 18 heavy (non-hydrogen) atoms. The van der Waals surface area contributed by atoms with Gasteiger partial charge in [0.25, 0.3) is 0 Å². The fourth-order valence-electron chi connectivity index (χ4n) is 1.95. The maximum absolute atomic E-state index is 12.1. The van der Waals surface area contributed by atoms with Gasteiger partial charge in [-0.2, -0.15) is 13.2 Å². The molecular formula is C13H20F3NO. The monoisotopic (exact) mass is 263 g/mol. The summed E-state index contributed by atoms with van der Waals surface area (Å²) >= 11 is 0. The Hall–Kier alpha value is -0.970. The van der Waals surface area contributed by atoms with Gasteiger partial charge in [0.15, 0.2) is 0 Å². The highest BCUT2D eigenvalue weighted by molar-refractivity contribution is 5.20. The van der Waals surface area contributed by atoms with Gasteiger partial charge in [-0.15, -0.1) is 0 Å². The van der Waals surface area contributed by atoms with Crippen LogP contribution in [0.4, 0.5) is 13.2 Å². The molecule has 5 heteroatoms. The predicted octanol–water partition coefficient (Wildman–Crippen LogP) is 4.36. The standard InChI is InChI=1S/C13H20F3NO/c1-3-8-17-12(5-4-7-13(14,15)16)11-6-9-18-10(11)2/h6,9,12,17H,3-5,7-8H2,1-2H3. The van der Waals surface area contributed by atoms with Crippen LogP contribution in [-0.4, -0.2) is 12.7 Å². The number of furan rings is 1. The van der Waals surface area contributed by atoms with Crippen molar-refractivity contribution in [3.8, 4) is 0 Å². The first-order chi connectivity index (χ1) is 8.44. The first-order valence-corrected chi connectivity index (χ1v) is 6.28. The highest BCUT2D eigenvalue weighted by Crippen LogP contribution is 2.28. The molecule has 0 aliphatic rings. The van der Waals surface area contributed by atoms with Crippen molar-refractivity contribution >= 4 is 0 Å². The summed E-state index contributed by atoms with van der Waals surface area (Å²) in [6.45, 7) is 4.66. The SMILES string of the molecule is CCCNC(CCCC(F)(F)F)c1ccoc1C. The average Bonchev–Trinajstić information content (AvgIpc) is 2.68. The van der Waals surface area contributed by atoms with Gasteiger partial charge in [-0.05, 0) is 38.8 Å². The molecule has 1 N–H and O–H groups in total. The molecule has 0 saturated heterocycles. The van der Waals surface area contributed by atoms with Gasteiger partial charge in [-0.25, -0.2) is 0 Å². The maximum atomic E-state index is 12.1. The molecule has 0 fully saturated rings. The molecule has 1 rings (SSSR count). The normalized spacial score (nSPS) is 13.8. The molecule has 0 aromatic carbocycles. The predicted molar refractivity (Wildman–Crippen MR) is 64.4 cm³/mol. The lowest BCUT2D eigenvalue weighted by Gasteiger charge is -2.18. The molecule has 1 unspecified atom stereocenters. The topological polar surface area (TPSA) is 25.2 Å². The molecule has 0 radical (unpaired) electrons. The third kappa shape index (κ3) is 5.12. The summed E-state index contributed by atoms with van der Waals surface area (Å²) in [7, 11) is 0. The van der Waals surface area contributed by atoms with Crippen LogP contribution in [0.15, 0.2) is 16.7 Å². The van der Waals surface area contributed by atoms with Crippen molar-refractivity contribution in [2.75, 3.05) is 6.54 Å². The first-order valence-electron chi connectivity index (χ1n) is 6.28. The Bertz CT molecular complexity index is 346. The number of nitrogens with one attached hydrogen (secondary N) is 1. The summed E-state index contributed by atoms with van der Waals surface area (Å²) in [5.74, 6) is 0.774. The number of hydrogen-bond donors (Lipinski definition) is 1. The van der Waals surface area contributed by atoms with E-state index >= 15 is 0 Å². The van der Waals surface area contributed by atoms with Crippen LogP contribution in [0, 0.1) is 6.92 Å². The Labute approximate surface area is 106 Å². The van der Waals surface area contributed by atoms with E-state index in [1.165, 1.54) is 0 Å². The van der Waals surface area contributed by atoms with E-state index in [1.54, 1.807) is 6.26 Å². The minimum atomic E-state index is -4.07. The molecule has 104 valence electrons. The minimum Gasteiger partial charge on any atom is -0.469 e. The van der Waals surface area contributed by atoms with E-state index < -0.39 is 12.6 Å². The summed E-state index contributed by atoms with van der Waals surface area (Å²) in [6, 6.07) is 1.78. The molecule has 1 heterocycles. The molecule has 1 atom stereocenters. The number of hydrogen-bond acceptors (Lipinski definition) is 2. The van der Waals surface area contributed by atoms with E-state index in [0.29, 0.717) is 6.42 Å². The van der Waals surface area contributed by atoms with Crippen molar-refractivity contribution in [3.63, 3.8) is 0 Å². The van der Waals surface area contributed by atoms with Crippen LogP contribution in [-0.2, 0) is 0 Å². The largest absolute Gasteiger partial charge is 0.469 e. The van der Waals surface area contributed by atoms with E-state index in [2.05, 4.69) is 5.32 Å². The molecule has 0 bridgehead atoms. The van der Waals surface area contributed by atoms with Gasteiger partial charge in [-0.3, -0.25) is 0 Å². The van der Waals surface area contributed by atoms with Crippen molar-refractivity contribution in [3.05, 3.63) is 23.7 Å². The first kappa shape index (κ1) is 15.1. The zero-order valence-electron chi connectivity index (χ0n) is 10.8. The Morgan fingerprint density at radius 3 is 2.61 bits per heavy atom. The van der Waals surface area contributed by atoms with Crippen LogP contribution in [0.5, 0.6) is 0 Å². The second-order valence-corrected chi connectivity index (χ2v) is 4.45. The van der Waals surface area contributed by atoms with Crippen LogP contribution >= 0.6 is 0 Å². The van der Waals surface area contributed by atoms with Crippen LogP contribution in [0.1, 0.15) is 50.0 Å². The molecule has 0 amide bonds. The van der Waals surface area contributed by atoms with Crippen LogP contribution in [0.3, 0.4) is 0 Å². The third-order valence-corrected chi connectivity index (χ3v) is 2.87. The number of halogens is 3. The number of aryl methyl sites for hydroxylation is 1. The zero-order valence-corrected chi connectivity index (χ0v) is 10.8. The lowest BCUT2D eigenvalue weighted by Crippen LogP contribution is -2.23. The Balaban J connectivity index is 2.54. The molecule has 0 spiro atoms. The highest BCUT2D eigenvalue weighted by atomic mass is 19.4. The fraction of sp³-hybridized carbons (Fsp3) is 0.692. The lowest BCUT2D eigenvalue weighted by molar-refractivity contribution is -0.135. The quantitative estimate of drug-likeness (QED) is 0.790. The molecule has 0 aliphatic heterocycles. The van der Waals surface area contributed by atoms with Crippen LogP contribution in [0.25, 0.3) is 0 Å². The van der Waals surface area contributed by atoms with Gasteiger partial charge in [0.05, 0.1) is 6.26 Å². The maximum Gasteiger partial charge on any atom is 0.389 e. The van der Waals surface area contributed by atoms with E-state index in [-0.39, 0.29) is 12.5 Å². The van der Waals surface area contributed by atoms with Gasteiger partial charge >= 0.3 is 6.18 Å². The van der Waals surface area contributed by atoms with E-state index in [9.17, 15) is 13.2 Å². The molecule has 0 saturated carbocycles. The Morgan fingerprint density at radius 2 is 2.11 bits per heavy atom. The van der Waals surface area contributed by atoms with E-state index in [0.717, 1.165) is 24.3 Å². The summed E-state index contributed by atoms with van der Waals surface area (Å²) in [4.78, 5) is 0. The summed E-state index contributed by atoms with van der Waals surface area (Å²) < 4.78 is 41.6. The number of rotatable bonds is 7. The third-order valence-electron chi connectivity index (χ3n) is 2.87. The Morgan fingerprint density at radius 1 is 1.39 bits per heavy atom. The second kappa shape index (κ2) is 6.83. The van der Waals surface area contributed by atoms with Crippen molar-refractivity contribution in [2.45, 2.75) is 51.7 Å². The minimum absolute atomic E-state index is 0.0500. The fourth-order valence-corrected chi connectivity index (χ4v) is 1.95. The van der Waals surface area contributed by atoms with Crippen LogP contribution < -0.4 is 5.32 Å². The van der Waals surface area contributed by atoms with Crippen molar-refractivity contribution in [1.29, 1.82) is 0 Å². The van der Waals surface area contributed by atoms with Gasteiger partial charge in [-0.1, -0.05) is 6.92 Å². The van der Waals surface area contributed by atoms with Gasteiger partial charge < -0.3 is 9.73 Å². The van der Waals surface area contributed by atoms with Gasteiger partial charge in [0.1, 0.15) is 5.76 Å². The molecular weight excluding hydrogens is 243 g/mol. The molecule has 0 aliphatic carbocycles. The van der Waals surface area contributed by atoms with Crippen molar-refractivity contribution < 1.29 is 17.6 Å². The lowest BCUT2D eigenvalue weighted by atomic mass is 10.0. The average molecular weight is 263 g/mol. The number of alkyl halides is 3. The highest BCUT2D eigenvalue weighted by Gasteiger charge is 2.27.